The van der Waals surface area contributed by atoms with Crippen LogP contribution in [0.25, 0.3) is 0 Å². The summed E-state index contributed by atoms with van der Waals surface area (Å²) in [5.74, 6) is 1.20. The van der Waals surface area contributed by atoms with Crippen LogP contribution in [0, 0.1) is 0 Å². The monoisotopic (exact) mass is 268 g/mol. The summed E-state index contributed by atoms with van der Waals surface area (Å²) < 4.78 is 15.3. The number of methoxy groups -OCH3 is 2. The summed E-state index contributed by atoms with van der Waals surface area (Å²) in [5, 5.41) is 10.4. The van der Waals surface area contributed by atoms with Gasteiger partial charge < -0.3 is 19.0 Å². The lowest BCUT2D eigenvalue weighted by Crippen LogP contribution is -2.00. The van der Waals surface area contributed by atoms with Gasteiger partial charge in [-0.3, -0.25) is 0 Å². The molecule has 4 nitrogen and oxygen atoms in total. The van der Waals surface area contributed by atoms with Gasteiger partial charge in [0.25, 0.3) is 0 Å². The molecule has 0 bridgehead atoms. The quantitative estimate of drug-likeness (QED) is 0.926. The lowest BCUT2D eigenvalue weighted by molar-refractivity contribution is 0.218. The topological polar surface area (TPSA) is 51.8 Å². The summed E-state index contributed by atoms with van der Waals surface area (Å²) >= 11 is 5.84. The van der Waals surface area contributed by atoms with E-state index in [-0.39, 0.29) is 5.22 Å². The molecule has 1 aromatic heterocycles. The van der Waals surface area contributed by atoms with Gasteiger partial charge in [0.05, 0.1) is 20.5 Å². The molecule has 0 aliphatic rings. The number of rotatable bonds is 4. The molecule has 1 aromatic carbocycles. The van der Waals surface area contributed by atoms with Crippen LogP contribution >= 0.6 is 11.6 Å². The molecule has 0 aliphatic heterocycles. The highest BCUT2D eigenvalue weighted by Crippen LogP contribution is 2.33. The van der Waals surface area contributed by atoms with E-state index in [2.05, 4.69) is 0 Å². The van der Waals surface area contributed by atoms with Gasteiger partial charge in [0.1, 0.15) is 17.6 Å². The van der Waals surface area contributed by atoms with Crippen LogP contribution in [0.4, 0.5) is 0 Å². The predicted octanol–water partition coefficient (Wildman–Crippen LogP) is 3.03. The van der Waals surface area contributed by atoms with E-state index >= 15 is 0 Å². The Balaban J connectivity index is 2.41. The Hall–Kier alpha value is -1.65. The van der Waals surface area contributed by atoms with E-state index in [1.54, 1.807) is 38.5 Å². The summed E-state index contributed by atoms with van der Waals surface area (Å²) in [6.45, 7) is 0. The summed E-state index contributed by atoms with van der Waals surface area (Å²) in [7, 11) is 3.10. The minimum Gasteiger partial charge on any atom is -0.497 e. The third-order valence-electron chi connectivity index (χ3n) is 2.63. The molecule has 5 heteroatoms. The molecule has 0 saturated heterocycles. The molecule has 2 aromatic rings. The zero-order chi connectivity index (χ0) is 13.1. The van der Waals surface area contributed by atoms with Crippen molar-refractivity contribution in [2.45, 2.75) is 6.10 Å². The smallest absolute Gasteiger partial charge is 0.199 e. The minimum atomic E-state index is -0.889. The number of halogens is 1. The van der Waals surface area contributed by atoms with Crippen molar-refractivity contribution < 1.29 is 19.0 Å². The first-order valence-corrected chi connectivity index (χ1v) is 5.67. The van der Waals surface area contributed by atoms with Crippen molar-refractivity contribution in [2.24, 2.45) is 0 Å². The van der Waals surface area contributed by atoms with Crippen molar-refractivity contribution >= 4 is 11.6 Å². The van der Waals surface area contributed by atoms with Gasteiger partial charge in [-0.15, -0.1) is 0 Å². The fourth-order valence-electron chi connectivity index (χ4n) is 1.67. The molecule has 2 rings (SSSR count). The Morgan fingerprint density at radius 2 is 1.78 bits per heavy atom. The van der Waals surface area contributed by atoms with Crippen molar-refractivity contribution in [2.75, 3.05) is 14.2 Å². The van der Waals surface area contributed by atoms with Gasteiger partial charge in [0.15, 0.2) is 5.22 Å². The molecule has 0 aliphatic carbocycles. The zero-order valence-corrected chi connectivity index (χ0v) is 10.8. The first-order valence-electron chi connectivity index (χ1n) is 5.29. The van der Waals surface area contributed by atoms with Crippen molar-refractivity contribution in [1.82, 2.24) is 0 Å². The molecule has 1 atom stereocenters. The van der Waals surface area contributed by atoms with Gasteiger partial charge >= 0.3 is 0 Å². The number of hydrogen-bond donors (Lipinski definition) is 1. The third-order valence-corrected chi connectivity index (χ3v) is 2.94. The Labute approximate surface area is 110 Å². The van der Waals surface area contributed by atoms with Crippen molar-refractivity contribution in [3.63, 3.8) is 0 Å². The molecule has 0 radical (unpaired) electrons. The first kappa shape index (κ1) is 12.8. The van der Waals surface area contributed by atoms with Gasteiger partial charge in [-0.2, -0.15) is 0 Å². The Morgan fingerprint density at radius 1 is 1.17 bits per heavy atom. The van der Waals surface area contributed by atoms with Gasteiger partial charge in [-0.05, 0) is 35.4 Å². The molecule has 1 N–H and O–H groups in total. The fourth-order valence-corrected chi connectivity index (χ4v) is 1.88. The Kier molecular flexibility index (Phi) is 3.79. The average molecular weight is 269 g/mol. The number of hydrogen-bond acceptors (Lipinski definition) is 4. The highest BCUT2D eigenvalue weighted by molar-refractivity contribution is 6.29. The maximum Gasteiger partial charge on any atom is 0.199 e. The van der Waals surface area contributed by atoms with Crippen LogP contribution in [0.15, 0.2) is 34.9 Å². The van der Waals surface area contributed by atoms with E-state index < -0.39 is 6.10 Å². The number of aliphatic hydroxyl groups is 1. The van der Waals surface area contributed by atoms with E-state index in [1.807, 2.05) is 0 Å². The van der Waals surface area contributed by atoms with Gasteiger partial charge in [-0.25, -0.2) is 0 Å². The van der Waals surface area contributed by atoms with Crippen molar-refractivity contribution in [1.29, 1.82) is 0 Å². The molecule has 0 saturated carbocycles. The second-order valence-corrected chi connectivity index (χ2v) is 4.04. The van der Waals surface area contributed by atoms with E-state index in [0.29, 0.717) is 22.6 Å². The fraction of sp³-hybridized carbons (Fsp3) is 0.231. The van der Waals surface area contributed by atoms with Crippen LogP contribution in [0.5, 0.6) is 11.5 Å². The van der Waals surface area contributed by atoms with E-state index in [0.717, 1.165) is 0 Å². The van der Waals surface area contributed by atoms with Gasteiger partial charge in [-0.1, -0.05) is 0 Å². The molecule has 0 fully saturated rings. The molecule has 1 unspecified atom stereocenters. The second-order valence-electron chi connectivity index (χ2n) is 3.70. The lowest BCUT2D eigenvalue weighted by atomic mass is 10.0. The van der Waals surface area contributed by atoms with E-state index in [9.17, 15) is 5.11 Å². The molecular weight excluding hydrogens is 256 g/mol. The zero-order valence-electron chi connectivity index (χ0n) is 10.0. The Morgan fingerprint density at radius 3 is 2.22 bits per heavy atom. The number of aliphatic hydroxyl groups excluding tert-OH is 1. The maximum atomic E-state index is 10.2. The molecule has 0 spiro atoms. The van der Waals surface area contributed by atoms with E-state index in [1.165, 1.54) is 6.26 Å². The number of furan rings is 1. The standard InChI is InChI=1S/C13H13ClO4/c1-16-9-5-8(6-10(7-9)17-2)12(15)11-3-4-18-13(11)14/h3-7,12,15H,1-2H3. The van der Waals surface area contributed by atoms with Crippen molar-refractivity contribution in [3.05, 3.63) is 46.9 Å². The van der Waals surface area contributed by atoms with Crippen LogP contribution in [-0.2, 0) is 0 Å². The van der Waals surface area contributed by atoms with Crippen LogP contribution in [0.2, 0.25) is 5.22 Å². The summed E-state index contributed by atoms with van der Waals surface area (Å²) in [6.07, 6.45) is 0.540. The molecule has 1 heterocycles. The largest absolute Gasteiger partial charge is 0.497 e. The molecule has 0 amide bonds. The maximum absolute atomic E-state index is 10.2. The van der Waals surface area contributed by atoms with Gasteiger partial charge in [0, 0.05) is 11.6 Å². The first-order chi connectivity index (χ1) is 8.65. The molecule has 96 valence electrons. The normalized spacial score (nSPS) is 12.2. The summed E-state index contributed by atoms with van der Waals surface area (Å²) in [4.78, 5) is 0. The lowest BCUT2D eigenvalue weighted by Gasteiger charge is -2.13. The Bertz CT molecular complexity index is 513. The predicted molar refractivity (Wildman–Crippen MR) is 67.3 cm³/mol. The number of benzene rings is 1. The summed E-state index contributed by atoms with van der Waals surface area (Å²) in [6, 6.07) is 6.79. The van der Waals surface area contributed by atoms with Crippen LogP contribution in [0.3, 0.4) is 0 Å². The molecule has 18 heavy (non-hydrogen) atoms. The van der Waals surface area contributed by atoms with Gasteiger partial charge in [0.2, 0.25) is 0 Å². The van der Waals surface area contributed by atoms with Crippen molar-refractivity contribution in [3.8, 4) is 11.5 Å². The number of ether oxygens (including phenoxy) is 2. The SMILES string of the molecule is COc1cc(OC)cc(C(O)c2ccoc2Cl)c1. The average Bonchev–Trinajstić information content (AvgIpc) is 2.83. The van der Waals surface area contributed by atoms with E-state index in [4.69, 9.17) is 25.5 Å². The molecular formula is C13H13ClO4. The summed E-state index contributed by atoms with van der Waals surface area (Å²) in [5.41, 5.74) is 1.13. The van der Waals surface area contributed by atoms with Crippen LogP contribution in [0.1, 0.15) is 17.2 Å². The van der Waals surface area contributed by atoms with Crippen LogP contribution < -0.4 is 9.47 Å². The minimum absolute atomic E-state index is 0.171. The highest BCUT2D eigenvalue weighted by Gasteiger charge is 2.18. The third kappa shape index (κ3) is 2.44. The van der Waals surface area contributed by atoms with Crippen LogP contribution in [-0.4, -0.2) is 19.3 Å². The second kappa shape index (κ2) is 5.33. The highest BCUT2D eigenvalue weighted by atomic mass is 35.5.